The fourth-order valence-corrected chi connectivity index (χ4v) is 4.00. The minimum absolute atomic E-state index is 0.0645. The smallest absolute Gasteiger partial charge is 0.0558 e. The van der Waals surface area contributed by atoms with Gasteiger partial charge in [0.05, 0.1) is 11.4 Å². The molecule has 0 atom stereocenters. The maximum atomic E-state index is 2.47. The molecule has 0 saturated carbocycles. The number of rotatable bonds is 0. The van der Waals surface area contributed by atoms with E-state index in [9.17, 15) is 0 Å². The maximum Gasteiger partial charge on any atom is 0.0558 e. The van der Waals surface area contributed by atoms with Crippen molar-refractivity contribution < 1.29 is 0 Å². The van der Waals surface area contributed by atoms with E-state index < -0.39 is 0 Å². The Bertz CT molecular complexity index is 616. The van der Waals surface area contributed by atoms with Crippen LogP contribution in [0.1, 0.15) is 31.9 Å². The minimum atomic E-state index is 0.0645. The fourth-order valence-electron chi connectivity index (χ4n) is 2.75. The summed E-state index contributed by atoms with van der Waals surface area (Å²) < 4.78 is 0. The molecule has 0 N–H and O–H groups in total. The van der Waals surface area contributed by atoms with Crippen LogP contribution in [0.5, 0.6) is 0 Å². The SMILES string of the molecule is Cc1ccc2c(c1)Sc1cc(C)ccc1N2C(C)(C)C. The lowest BCUT2D eigenvalue weighted by Crippen LogP contribution is -2.39. The summed E-state index contributed by atoms with van der Waals surface area (Å²) in [5.41, 5.74) is 5.35. The van der Waals surface area contributed by atoms with E-state index >= 15 is 0 Å². The Labute approximate surface area is 126 Å². The molecule has 0 radical (unpaired) electrons. The largest absolute Gasteiger partial charge is 0.334 e. The third kappa shape index (κ3) is 2.22. The zero-order valence-electron chi connectivity index (χ0n) is 12.8. The van der Waals surface area contributed by atoms with Crippen LogP contribution in [0.3, 0.4) is 0 Å². The van der Waals surface area contributed by atoms with Crippen LogP contribution in [0.25, 0.3) is 0 Å². The van der Waals surface area contributed by atoms with E-state index in [-0.39, 0.29) is 5.54 Å². The first-order chi connectivity index (χ1) is 9.36. The second kappa shape index (κ2) is 4.56. The molecule has 1 nitrogen and oxygen atoms in total. The monoisotopic (exact) mass is 283 g/mol. The lowest BCUT2D eigenvalue weighted by molar-refractivity contribution is 0.553. The zero-order chi connectivity index (χ0) is 14.5. The van der Waals surface area contributed by atoms with Gasteiger partial charge in [0.25, 0.3) is 0 Å². The second-order valence-electron chi connectivity index (χ2n) is 6.55. The molecule has 0 bridgehead atoms. The fraction of sp³-hybridized carbons (Fsp3) is 0.333. The van der Waals surface area contributed by atoms with Gasteiger partial charge in [0.15, 0.2) is 0 Å². The standard InChI is InChI=1S/C18H21NS/c1-12-6-8-14-16(10-12)20-17-11-13(2)7-9-15(17)19(14)18(3,4)5/h6-11H,1-5H3. The average molecular weight is 283 g/mol. The predicted molar refractivity (Wildman–Crippen MR) is 88.4 cm³/mol. The van der Waals surface area contributed by atoms with Gasteiger partial charge in [-0.15, -0.1) is 0 Å². The normalized spacial score (nSPS) is 13.9. The van der Waals surface area contributed by atoms with Crippen molar-refractivity contribution in [1.29, 1.82) is 0 Å². The molecule has 1 aliphatic heterocycles. The van der Waals surface area contributed by atoms with E-state index in [1.165, 1.54) is 32.3 Å². The molecule has 2 aromatic rings. The van der Waals surface area contributed by atoms with Gasteiger partial charge in [-0.2, -0.15) is 0 Å². The molecule has 0 aromatic heterocycles. The summed E-state index contributed by atoms with van der Waals surface area (Å²) in [5, 5.41) is 0. The number of fused-ring (bicyclic) bond motifs is 2. The van der Waals surface area contributed by atoms with Gasteiger partial charge in [0, 0.05) is 15.3 Å². The van der Waals surface area contributed by atoms with Gasteiger partial charge < -0.3 is 4.90 Å². The molecule has 2 heteroatoms. The van der Waals surface area contributed by atoms with Crippen LogP contribution < -0.4 is 4.90 Å². The third-order valence-corrected chi connectivity index (χ3v) is 4.70. The molecule has 1 heterocycles. The molecular weight excluding hydrogens is 262 g/mol. The van der Waals surface area contributed by atoms with Crippen LogP contribution in [-0.4, -0.2) is 5.54 Å². The number of hydrogen-bond acceptors (Lipinski definition) is 2. The number of aryl methyl sites for hydroxylation is 2. The van der Waals surface area contributed by atoms with E-state index in [4.69, 9.17) is 0 Å². The summed E-state index contributed by atoms with van der Waals surface area (Å²) in [5.74, 6) is 0. The number of nitrogens with zero attached hydrogens (tertiary/aromatic N) is 1. The summed E-state index contributed by atoms with van der Waals surface area (Å²) >= 11 is 1.89. The Morgan fingerprint density at radius 1 is 0.800 bits per heavy atom. The zero-order valence-corrected chi connectivity index (χ0v) is 13.6. The maximum absolute atomic E-state index is 2.47. The minimum Gasteiger partial charge on any atom is -0.334 e. The summed E-state index contributed by atoms with van der Waals surface area (Å²) in [6, 6.07) is 13.5. The molecule has 0 unspecified atom stereocenters. The first kappa shape index (κ1) is 13.6. The van der Waals surface area contributed by atoms with Crippen molar-refractivity contribution in [3.63, 3.8) is 0 Å². The van der Waals surface area contributed by atoms with Gasteiger partial charge in [-0.1, -0.05) is 23.9 Å². The Morgan fingerprint density at radius 3 is 1.65 bits per heavy atom. The van der Waals surface area contributed by atoms with Crippen molar-refractivity contribution in [2.75, 3.05) is 4.90 Å². The average Bonchev–Trinajstić information content (AvgIpc) is 2.34. The van der Waals surface area contributed by atoms with E-state index in [0.717, 1.165) is 0 Å². The highest BCUT2D eigenvalue weighted by molar-refractivity contribution is 7.99. The van der Waals surface area contributed by atoms with Crippen LogP contribution in [0.4, 0.5) is 11.4 Å². The van der Waals surface area contributed by atoms with Crippen LogP contribution in [0, 0.1) is 13.8 Å². The Kier molecular flexibility index (Phi) is 3.09. The quantitative estimate of drug-likeness (QED) is 0.609. The van der Waals surface area contributed by atoms with Gasteiger partial charge in [-0.05, 0) is 70.0 Å². The van der Waals surface area contributed by atoms with Crippen LogP contribution in [0.2, 0.25) is 0 Å². The molecule has 0 saturated heterocycles. The van der Waals surface area contributed by atoms with Gasteiger partial charge in [0.2, 0.25) is 0 Å². The molecule has 20 heavy (non-hydrogen) atoms. The van der Waals surface area contributed by atoms with Gasteiger partial charge in [0.1, 0.15) is 0 Å². The molecular formula is C18H21NS. The van der Waals surface area contributed by atoms with Gasteiger partial charge >= 0.3 is 0 Å². The van der Waals surface area contributed by atoms with Crippen molar-refractivity contribution in [2.45, 2.75) is 49.9 Å². The molecule has 0 aliphatic carbocycles. The van der Waals surface area contributed by atoms with Crippen molar-refractivity contribution in [3.05, 3.63) is 47.5 Å². The molecule has 2 aromatic carbocycles. The van der Waals surface area contributed by atoms with Crippen molar-refractivity contribution in [1.82, 2.24) is 0 Å². The number of anilines is 2. The Hall–Kier alpha value is -1.41. The highest BCUT2D eigenvalue weighted by Crippen LogP contribution is 2.51. The summed E-state index contributed by atoms with van der Waals surface area (Å²) in [7, 11) is 0. The molecule has 0 spiro atoms. The molecule has 3 rings (SSSR count). The van der Waals surface area contributed by atoms with Gasteiger partial charge in [-0.3, -0.25) is 0 Å². The predicted octanol–water partition coefficient (Wildman–Crippen LogP) is 5.70. The molecule has 104 valence electrons. The third-order valence-electron chi connectivity index (χ3n) is 3.60. The van der Waals surface area contributed by atoms with Crippen LogP contribution >= 0.6 is 11.8 Å². The van der Waals surface area contributed by atoms with E-state index in [1.807, 2.05) is 11.8 Å². The number of hydrogen-bond donors (Lipinski definition) is 0. The molecule has 0 fully saturated rings. The molecule has 0 amide bonds. The van der Waals surface area contributed by atoms with Crippen molar-refractivity contribution in [3.8, 4) is 0 Å². The van der Waals surface area contributed by atoms with Crippen LogP contribution in [0.15, 0.2) is 46.2 Å². The Morgan fingerprint density at radius 2 is 1.25 bits per heavy atom. The lowest BCUT2D eigenvalue weighted by Gasteiger charge is -2.42. The summed E-state index contributed by atoms with van der Waals surface area (Å²) in [6.45, 7) is 11.1. The Balaban J connectivity index is 2.24. The highest BCUT2D eigenvalue weighted by Gasteiger charge is 2.31. The topological polar surface area (TPSA) is 3.24 Å². The highest BCUT2D eigenvalue weighted by atomic mass is 32.2. The van der Waals surface area contributed by atoms with Gasteiger partial charge in [-0.25, -0.2) is 0 Å². The lowest BCUT2D eigenvalue weighted by atomic mass is 10.0. The summed E-state index contributed by atoms with van der Waals surface area (Å²) in [4.78, 5) is 5.18. The second-order valence-corrected chi connectivity index (χ2v) is 7.63. The first-order valence-corrected chi connectivity index (χ1v) is 7.87. The first-order valence-electron chi connectivity index (χ1n) is 7.06. The van der Waals surface area contributed by atoms with Crippen molar-refractivity contribution in [2.24, 2.45) is 0 Å². The van der Waals surface area contributed by atoms with E-state index in [1.54, 1.807) is 0 Å². The molecule has 1 aliphatic rings. The number of benzene rings is 2. The van der Waals surface area contributed by atoms with E-state index in [2.05, 4.69) is 75.9 Å². The van der Waals surface area contributed by atoms with Crippen LogP contribution in [-0.2, 0) is 0 Å². The van der Waals surface area contributed by atoms with E-state index in [0.29, 0.717) is 0 Å². The summed E-state index contributed by atoms with van der Waals surface area (Å²) in [6.07, 6.45) is 0. The van der Waals surface area contributed by atoms with Crippen molar-refractivity contribution >= 4 is 23.1 Å².